The lowest BCUT2D eigenvalue weighted by Gasteiger charge is -2.35. The minimum absolute atomic E-state index is 0.00297. The minimum Gasteiger partial charge on any atom is -0.388 e. The second kappa shape index (κ2) is 7.59. The number of hydrogen-bond acceptors (Lipinski definition) is 4. The normalized spacial score (nSPS) is 26.5. The van der Waals surface area contributed by atoms with Gasteiger partial charge >= 0.3 is 0 Å². The van der Waals surface area contributed by atoms with Crippen molar-refractivity contribution in [1.29, 1.82) is 0 Å². The quantitative estimate of drug-likeness (QED) is 0.876. The monoisotopic (exact) mass is 336 g/mol. The van der Waals surface area contributed by atoms with E-state index >= 15 is 0 Å². The number of halogens is 1. The van der Waals surface area contributed by atoms with Gasteiger partial charge in [0.05, 0.1) is 12.2 Å². The summed E-state index contributed by atoms with van der Waals surface area (Å²) >= 11 is 0. The fourth-order valence-corrected chi connectivity index (χ4v) is 3.63. The van der Waals surface area contributed by atoms with E-state index in [1.165, 1.54) is 12.1 Å². The molecule has 2 saturated heterocycles. The standard InChI is InChI=1S/C18H25FN2O3/c19-14-3-1-12(2-4-14)17(22)13-7-9-21(10-8-13)18(23)16-6-5-15(11-20)24-16/h1-4,13,15-17,22H,5-11,20H2/t15-,16+,17?/m1/s1. The molecule has 132 valence electrons. The largest absolute Gasteiger partial charge is 0.388 e. The van der Waals surface area contributed by atoms with Gasteiger partial charge in [0, 0.05) is 19.6 Å². The van der Waals surface area contributed by atoms with E-state index in [1.807, 2.05) is 4.90 Å². The van der Waals surface area contributed by atoms with Crippen molar-refractivity contribution < 1.29 is 19.0 Å². The molecule has 3 atom stereocenters. The molecule has 0 spiro atoms. The van der Waals surface area contributed by atoms with Gasteiger partial charge in [-0.2, -0.15) is 0 Å². The molecule has 0 radical (unpaired) electrons. The molecule has 0 aliphatic carbocycles. The Hall–Kier alpha value is -1.50. The van der Waals surface area contributed by atoms with Crippen LogP contribution in [-0.2, 0) is 9.53 Å². The Kier molecular flexibility index (Phi) is 5.48. The molecule has 6 heteroatoms. The van der Waals surface area contributed by atoms with Crippen molar-refractivity contribution >= 4 is 5.91 Å². The summed E-state index contributed by atoms with van der Waals surface area (Å²) in [6.45, 7) is 1.69. The number of amides is 1. The predicted octanol–water partition coefficient (Wildman–Crippen LogP) is 1.60. The predicted molar refractivity (Wildman–Crippen MR) is 87.6 cm³/mol. The first kappa shape index (κ1) is 17.3. The number of likely N-dealkylation sites (tertiary alicyclic amines) is 1. The zero-order valence-electron chi connectivity index (χ0n) is 13.7. The third kappa shape index (κ3) is 3.77. The number of carbonyl (C=O) groups is 1. The van der Waals surface area contributed by atoms with Crippen LogP contribution in [0.2, 0.25) is 0 Å². The summed E-state index contributed by atoms with van der Waals surface area (Å²) in [5.41, 5.74) is 6.32. The van der Waals surface area contributed by atoms with Gasteiger partial charge in [-0.15, -0.1) is 0 Å². The van der Waals surface area contributed by atoms with Crippen molar-refractivity contribution in [2.45, 2.75) is 44.0 Å². The van der Waals surface area contributed by atoms with E-state index in [1.54, 1.807) is 12.1 Å². The molecular weight excluding hydrogens is 311 g/mol. The van der Waals surface area contributed by atoms with Crippen molar-refractivity contribution in [2.75, 3.05) is 19.6 Å². The Labute approximate surface area is 141 Å². The molecule has 1 aromatic carbocycles. The highest BCUT2D eigenvalue weighted by Crippen LogP contribution is 2.31. The highest BCUT2D eigenvalue weighted by molar-refractivity contribution is 5.81. The number of aliphatic hydroxyl groups excluding tert-OH is 1. The second-order valence-corrected chi connectivity index (χ2v) is 6.72. The Bertz CT molecular complexity index is 558. The van der Waals surface area contributed by atoms with Crippen LogP contribution in [0.5, 0.6) is 0 Å². The molecule has 3 N–H and O–H groups in total. The van der Waals surface area contributed by atoms with Crippen molar-refractivity contribution in [2.24, 2.45) is 11.7 Å². The maximum Gasteiger partial charge on any atom is 0.251 e. The molecule has 0 saturated carbocycles. The van der Waals surface area contributed by atoms with Crippen LogP contribution in [0.25, 0.3) is 0 Å². The number of hydrogen-bond donors (Lipinski definition) is 2. The summed E-state index contributed by atoms with van der Waals surface area (Å²) in [6, 6.07) is 5.97. The van der Waals surface area contributed by atoms with Crippen LogP contribution in [0.1, 0.15) is 37.4 Å². The Morgan fingerprint density at radius 1 is 1.25 bits per heavy atom. The van der Waals surface area contributed by atoms with Crippen molar-refractivity contribution in [3.05, 3.63) is 35.6 Å². The highest BCUT2D eigenvalue weighted by Gasteiger charge is 2.35. The minimum atomic E-state index is -0.618. The second-order valence-electron chi connectivity index (χ2n) is 6.72. The van der Waals surface area contributed by atoms with Gasteiger partial charge in [-0.05, 0) is 49.3 Å². The van der Waals surface area contributed by atoms with Gasteiger partial charge < -0.3 is 20.5 Å². The molecule has 3 rings (SSSR count). The molecule has 1 aromatic rings. The van der Waals surface area contributed by atoms with Gasteiger partial charge in [0.15, 0.2) is 0 Å². The number of rotatable bonds is 4. The Morgan fingerprint density at radius 3 is 2.50 bits per heavy atom. The molecule has 0 bridgehead atoms. The zero-order chi connectivity index (χ0) is 17.1. The van der Waals surface area contributed by atoms with Crippen LogP contribution in [0.15, 0.2) is 24.3 Å². The molecular formula is C18H25FN2O3. The van der Waals surface area contributed by atoms with Gasteiger partial charge in [0.2, 0.25) is 0 Å². The summed E-state index contributed by atoms with van der Waals surface area (Å²) in [6.07, 6.45) is 2.06. The van der Waals surface area contributed by atoms with E-state index < -0.39 is 6.10 Å². The lowest BCUT2D eigenvalue weighted by atomic mass is 9.87. The van der Waals surface area contributed by atoms with Crippen LogP contribution in [0.3, 0.4) is 0 Å². The van der Waals surface area contributed by atoms with Crippen LogP contribution in [-0.4, -0.2) is 47.8 Å². The Morgan fingerprint density at radius 2 is 1.92 bits per heavy atom. The van der Waals surface area contributed by atoms with Crippen LogP contribution in [0, 0.1) is 11.7 Å². The molecule has 5 nitrogen and oxygen atoms in total. The maximum atomic E-state index is 13.0. The molecule has 24 heavy (non-hydrogen) atoms. The van der Waals surface area contributed by atoms with Gasteiger partial charge in [0.25, 0.3) is 5.91 Å². The van der Waals surface area contributed by atoms with E-state index in [2.05, 4.69) is 0 Å². The first-order valence-corrected chi connectivity index (χ1v) is 8.66. The van der Waals surface area contributed by atoms with Gasteiger partial charge in [-0.1, -0.05) is 12.1 Å². The lowest BCUT2D eigenvalue weighted by molar-refractivity contribution is -0.144. The van der Waals surface area contributed by atoms with Gasteiger partial charge in [-0.25, -0.2) is 4.39 Å². The van der Waals surface area contributed by atoms with E-state index in [0.717, 1.165) is 31.2 Å². The van der Waals surface area contributed by atoms with Crippen molar-refractivity contribution in [3.8, 4) is 0 Å². The average molecular weight is 336 g/mol. The number of nitrogens with two attached hydrogens (primary N) is 1. The fraction of sp³-hybridized carbons (Fsp3) is 0.611. The molecule has 1 unspecified atom stereocenters. The van der Waals surface area contributed by atoms with Crippen molar-refractivity contribution in [3.63, 3.8) is 0 Å². The third-order valence-corrected chi connectivity index (χ3v) is 5.16. The molecule has 2 fully saturated rings. The summed E-state index contributed by atoms with van der Waals surface area (Å²) < 4.78 is 18.7. The number of aliphatic hydroxyl groups is 1. The lowest BCUT2D eigenvalue weighted by Crippen LogP contribution is -2.44. The SMILES string of the molecule is NC[C@H]1CC[C@@H](C(=O)N2CCC(C(O)c3ccc(F)cc3)CC2)O1. The van der Waals surface area contributed by atoms with E-state index in [9.17, 15) is 14.3 Å². The molecule has 2 heterocycles. The summed E-state index contributed by atoms with van der Waals surface area (Å²) in [5.74, 6) is -0.180. The maximum absolute atomic E-state index is 13.0. The first-order chi connectivity index (χ1) is 11.6. The molecule has 1 amide bonds. The van der Waals surface area contributed by atoms with Crippen LogP contribution < -0.4 is 5.73 Å². The number of benzene rings is 1. The molecule has 2 aliphatic rings. The van der Waals surface area contributed by atoms with E-state index in [4.69, 9.17) is 10.5 Å². The topological polar surface area (TPSA) is 75.8 Å². The molecule has 0 aromatic heterocycles. The highest BCUT2D eigenvalue weighted by atomic mass is 19.1. The van der Waals surface area contributed by atoms with E-state index in [0.29, 0.717) is 19.6 Å². The van der Waals surface area contributed by atoms with Crippen molar-refractivity contribution in [1.82, 2.24) is 4.90 Å². The summed E-state index contributed by atoms with van der Waals surface area (Å²) in [5, 5.41) is 10.5. The number of nitrogens with zero attached hydrogens (tertiary/aromatic N) is 1. The summed E-state index contributed by atoms with van der Waals surface area (Å²) in [7, 11) is 0. The first-order valence-electron chi connectivity index (χ1n) is 8.66. The zero-order valence-corrected chi connectivity index (χ0v) is 13.7. The number of piperidine rings is 1. The third-order valence-electron chi connectivity index (χ3n) is 5.16. The smallest absolute Gasteiger partial charge is 0.251 e. The summed E-state index contributed by atoms with van der Waals surface area (Å²) in [4.78, 5) is 14.3. The van der Waals surface area contributed by atoms with Crippen LogP contribution >= 0.6 is 0 Å². The Balaban J connectivity index is 1.52. The number of ether oxygens (including phenoxy) is 1. The number of carbonyl (C=O) groups excluding carboxylic acids is 1. The fourth-order valence-electron chi connectivity index (χ4n) is 3.63. The molecule has 2 aliphatic heterocycles. The van der Waals surface area contributed by atoms with Gasteiger partial charge in [-0.3, -0.25) is 4.79 Å². The average Bonchev–Trinajstić information content (AvgIpc) is 3.10. The van der Waals surface area contributed by atoms with Gasteiger partial charge in [0.1, 0.15) is 11.9 Å². The van der Waals surface area contributed by atoms with Crippen LogP contribution in [0.4, 0.5) is 4.39 Å². The van der Waals surface area contributed by atoms with E-state index in [-0.39, 0.29) is 29.9 Å².